The molecule has 0 fully saturated rings. The SMILES string of the molecule is COc1ccnc(C(O)CCN)c1. The van der Waals surface area contributed by atoms with Crippen LogP contribution in [-0.2, 0) is 0 Å². The number of ether oxygens (including phenoxy) is 1. The van der Waals surface area contributed by atoms with Crippen molar-refractivity contribution in [1.29, 1.82) is 0 Å². The summed E-state index contributed by atoms with van der Waals surface area (Å²) in [6, 6.07) is 3.44. The molecular weight excluding hydrogens is 168 g/mol. The van der Waals surface area contributed by atoms with Crippen LogP contribution in [0.3, 0.4) is 0 Å². The smallest absolute Gasteiger partial charge is 0.122 e. The third-order valence-electron chi connectivity index (χ3n) is 1.77. The van der Waals surface area contributed by atoms with Crippen molar-refractivity contribution in [3.8, 4) is 5.75 Å². The predicted molar refractivity (Wildman–Crippen MR) is 49.4 cm³/mol. The van der Waals surface area contributed by atoms with Crippen molar-refractivity contribution in [3.63, 3.8) is 0 Å². The topological polar surface area (TPSA) is 68.4 Å². The zero-order chi connectivity index (χ0) is 9.68. The van der Waals surface area contributed by atoms with Crippen molar-refractivity contribution >= 4 is 0 Å². The number of methoxy groups -OCH3 is 1. The van der Waals surface area contributed by atoms with Gasteiger partial charge in [-0.05, 0) is 19.0 Å². The summed E-state index contributed by atoms with van der Waals surface area (Å²) in [5.74, 6) is 0.695. The van der Waals surface area contributed by atoms with E-state index in [1.54, 1.807) is 25.4 Å². The van der Waals surface area contributed by atoms with E-state index < -0.39 is 6.10 Å². The van der Waals surface area contributed by atoms with Crippen molar-refractivity contribution < 1.29 is 9.84 Å². The highest BCUT2D eigenvalue weighted by molar-refractivity contribution is 5.23. The molecule has 4 nitrogen and oxygen atoms in total. The van der Waals surface area contributed by atoms with Crippen LogP contribution in [0, 0.1) is 0 Å². The van der Waals surface area contributed by atoms with Gasteiger partial charge in [0, 0.05) is 12.3 Å². The molecule has 72 valence electrons. The quantitative estimate of drug-likeness (QED) is 0.710. The molecule has 0 saturated heterocycles. The van der Waals surface area contributed by atoms with Crippen LogP contribution in [-0.4, -0.2) is 23.7 Å². The average Bonchev–Trinajstić information content (AvgIpc) is 2.18. The molecule has 1 rings (SSSR count). The fourth-order valence-corrected chi connectivity index (χ4v) is 1.04. The van der Waals surface area contributed by atoms with Crippen LogP contribution in [0.4, 0.5) is 0 Å². The molecule has 0 saturated carbocycles. The molecular formula is C9H14N2O2. The molecule has 0 radical (unpaired) electrons. The normalized spacial score (nSPS) is 12.5. The molecule has 1 unspecified atom stereocenters. The maximum absolute atomic E-state index is 9.54. The molecule has 4 heteroatoms. The summed E-state index contributed by atoms with van der Waals surface area (Å²) in [5.41, 5.74) is 5.92. The molecule has 0 aliphatic rings. The molecule has 0 aliphatic carbocycles. The first-order valence-electron chi connectivity index (χ1n) is 4.16. The molecule has 1 atom stereocenters. The van der Waals surface area contributed by atoms with Crippen LogP contribution in [0.2, 0.25) is 0 Å². The van der Waals surface area contributed by atoms with Gasteiger partial charge in [0.15, 0.2) is 0 Å². The molecule has 13 heavy (non-hydrogen) atoms. The van der Waals surface area contributed by atoms with E-state index in [0.29, 0.717) is 24.4 Å². The lowest BCUT2D eigenvalue weighted by Gasteiger charge is -2.09. The van der Waals surface area contributed by atoms with Gasteiger partial charge < -0.3 is 15.6 Å². The Balaban J connectivity index is 2.75. The van der Waals surface area contributed by atoms with Crippen molar-refractivity contribution in [1.82, 2.24) is 4.98 Å². The van der Waals surface area contributed by atoms with Gasteiger partial charge in [0.2, 0.25) is 0 Å². The number of pyridine rings is 1. The highest BCUT2D eigenvalue weighted by Crippen LogP contribution is 2.17. The fraction of sp³-hybridized carbons (Fsp3) is 0.444. The molecule has 3 N–H and O–H groups in total. The van der Waals surface area contributed by atoms with Crippen LogP contribution in [0.1, 0.15) is 18.2 Å². The minimum atomic E-state index is -0.597. The summed E-state index contributed by atoms with van der Waals surface area (Å²) in [5, 5.41) is 9.54. The number of hydrogen-bond donors (Lipinski definition) is 2. The Bertz CT molecular complexity index is 266. The van der Waals surface area contributed by atoms with Crippen LogP contribution < -0.4 is 10.5 Å². The number of nitrogens with two attached hydrogens (primary N) is 1. The molecule has 0 bridgehead atoms. The van der Waals surface area contributed by atoms with E-state index in [1.807, 2.05) is 0 Å². The zero-order valence-electron chi connectivity index (χ0n) is 7.60. The Morgan fingerprint density at radius 2 is 2.46 bits per heavy atom. The van der Waals surface area contributed by atoms with Crippen molar-refractivity contribution in [2.75, 3.05) is 13.7 Å². The summed E-state index contributed by atoms with van der Waals surface area (Å²) in [6.45, 7) is 0.445. The third-order valence-corrected chi connectivity index (χ3v) is 1.77. The molecule has 1 aromatic heterocycles. The Labute approximate surface area is 77.4 Å². The number of rotatable bonds is 4. The van der Waals surface area contributed by atoms with Gasteiger partial charge in [-0.25, -0.2) is 0 Å². The Kier molecular flexibility index (Phi) is 3.67. The number of aromatic nitrogens is 1. The van der Waals surface area contributed by atoms with Crippen molar-refractivity contribution in [2.45, 2.75) is 12.5 Å². The van der Waals surface area contributed by atoms with E-state index in [4.69, 9.17) is 10.5 Å². The van der Waals surface area contributed by atoms with E-state index >= 15 is 0 Å². The molecule has 0 spiro atoms. The first-order chi connectivity index (χ1) is 6.27. The lowest BCUT2D eigenvalue weighted by Crippen LogP contribution is -2.08. The largest absolute Gasteiger partial charge is 0.497 e. The summed E-state index contributed by atoms with van der Waals surface area (Å²) < 4.78 is 5.00. The number of hydrogen-bond acceptors (Lipinski definition) is 4. The summed E-state index contributed by atoms with van der Waals surface area (Å²) in [6.07, 6.45) is 1.52. The first kappa shape index (κ1) is 9.95. The van der Waals surface area contributed by atoms with Gasteiger partial charge in [0.25, 0.3) is 0 Å². The predicted octanol–water partition coefficient (Wildman–Crippen LogP) is 0.472. The molecule has 1 heterocycles. The van der Waals surface area contributed by atoms with E-state index in [9.17, 15) is 5.11 Å². The average molecular weight is 182 g/mol. The first-order valence-corrected chi connectivity index (χ1v) is 4.16. The van der Waals surface area contributed by atoms with Gasteiger partial charge in [-0.15, -0.1) is 0 Å². The standard InChI is InChI=1S/C9H14N2O2/c1-13-7-3-5-11-8(6-7)9(12)2-4-10/h3,5-6,9,12H,2,4,10H2,1H3. The number of nitrogens with zero attached hydrogens (tertiary/aromatic N) is 1. The maximum atomic E-state index is 9.54. The van der Waals surface area contributed by atoms with Crippen LogP contribution in [0.5, 0.6) is 5.75 Å². The second-order valence-corrected chi connectivity index (χ2v) is 2.71. The minimum absolute atomic E-state index is 0.445. The third kappa shape index (κ3) is 2.68. The summed E-state index contributed by atoms with van der Waals surface area (Å²) in [4.78, 5) is 4.02. The lowest BCUT2D eigenvalue weighted by molar-refractivity contribution is 0.165. The summed E-state index contributed by atoms with van der Waals surface area (Å²) >= 11 is 0. The van der Waals surface area contributed by atoms with Crippen LogP contribution in [0.15, 0.2) is 18.3 Å². The fourth-order valence-electron chi connectivity index (χ4n) is 1.04. The molecule has 0 aromatic carbocycles. The lowest BCUT2D eigenvalue weighted by atomic mass is 10.1. The van der Waals surface area contributed by atoms with Gasteiger partial charge in [-0.1, -0.05) is 0 Å². The Morgan fingerprint density at radius 1 is 1.69 bits per heavy atom. The van der Waals surface area contributed by atoms with E-state index in [1.165, 1.54) is 0 Å². The van der Waals surface area contributed by atoms with Crippen LogP contribution in [0.25, 0.3) is 0 Å². The highest BCUT2D eigenvalue weighted by Gasteiger charge is 2.08. The Hall–Kier alpha value is -1.13. The maximum Gasteiger partial charge on any atom is 0.122 e. The highest BCUT2D eigenvalue weighted by atomic mass is 16.5. The van der Waals surface area contributed by atoms with Gasteiger partial charge in [0.1, 0.15) is 5.75 Å². The van der Waals surface area contributed by atoms with Gasteiger partial charge in [-0.2, -0.15) is 0 Å². The summed E-state index contributed by atoms with van der Waals surface area (Å²) in [7, 11) is 1.58. The van der Waals surface area contributed by atoms with Gasteiger partial charge >= 0.3 is 0 Å². The van der Waals surface area contributed by atoms with Crippen molar-refractivity contribution in [3.05, 3.63) is 24.0 Å². The van der Waals surface area contributed by atoms with Crippen LogP contribution >= 0.6 is 0 Å². The molecule has 0 amide bonds. The monoisotopic (exact) mass is 182 g/mol. The zero-order valence-corrected chi connectivity index (χ0v) is 7.60. The van der Waals surface area contributed by atoms with Crippen molar-refractivity contribution in [2.24, 2.45) is 5.73 Å². The van der Waals surface area contributed by atoms with E-state index in [0.717, 1.165) is 0 Å². The Morgan fingerprint density at radius 3 is 3.08 bits per heavy atom. The van der Waals surface area contributed by atoms with E-state index in [-0.39, 0.29) is 0 Å². The van der Waals surface area contributed by atoms with Gasteiger partial charge in [0.05, 0.1) is 18.9 Å². The molecule has 1 aromatic rings. The number of aliphatic hydroxyl groups is 1. The number of aliphatic hydroxyl groups excluding tert-OH is 1. The van der Waals surface area contributed by atoms with Gasteiger partial charge in [-0.3, -0.25) is 4.98 Å². The molecule has 0 aliphatic heterocycles. The van der Waals surface area contributed by atoms with E-state index in [2.05, 4.69) is 4.98 Å². The second kappa shape index (κ2) is 4.79. The second-order valence-electron chi connectivity index (χ2n) is 2.71. The minimum Gasteiger partial charge on any atom is -0.497 e.